The molecule has 0 aliphatic carbocycles. The van der Waals surface area contributed by atoms with Crippen molar-refractivity contribution in [3.63, 3.8) is 0 Å². The molecular formula is C13H20BrNO2S. The van der Waals surface area contributed by atoms with Gasteiger partial charge < -0.3 is 10.4 Å². The smallest absolute Gasteiger partial charge is 0.228 e. The maximum Gasteiger partial charge on any atom is 0.228 e. The normalized spacial score (nSPS) is 13.4. The van der Waals surface area contributed by atoms with Gasteiger partial charge in [0.25, 0.3) is 0 Å². The Labute approximate surface area is 121 Å². The molecule has 1 rings (SSSR count). The van der Waals surface area contributed by atoms with Crippen LogP contribution in [0.15, 0.2) is 15.9 Å². The summed E-state index contributed by atoms with van der Waals surface area (Å²) in [5.41, 5.74) is -0.0693. The summed E-state index contributed by atoms with van der Waals surface area (Å²) < 4.78 is 1.04. The molecule has 1 unspecified atom stereocenters. The Balaban J connectivity index is 2.51. The molecule has 0 radical (unpaired) electrons. The highest BCUT2D eigenvalue weighted by molar-refractivity contribution is 9.11. The molecule has 1 amide bonds. The number of rotatable bonds is 6. The predicted octanol–water partition coefficient (Wildman–Crippen LogP) is 3.14. The van der Waals surface area contributed by atoms with Crippen LogP contribution in [0.1, 0.15) is 38.0 Å². The molecule has 102 valence electrons. The zero-order chi connectivity index (χ0) is 13.8. The molecule has 1 atom stereocenters. The van der Waals surface area contributed by atoms with Crippen LogP contribution in [-0.2, 0) is 4.79 Å². The van der Waals surface area contributed by atoms with Crippen molar-refractivity contribution in [2.75, 3.05) is 13.2 Å². The molecule has 0 aliphatic rings. The van der Waals surface area contributed by atoms with Gasteiger partial charge in [0, 0.05) is 18.0 Å². The number of hydrogen-bond donors (Lipinski definition) is 2. The number of aliphatic hydroxyl groups excluding tert-OH is 1. The van der Waals surface area contributed by atoms with Crippen molar-refractivity contribution in [1.29, 1.82) is 0 Å². The third-order valence-electron chi connectivity index (χ3n) is 2.94. The van der Waals surface area contributed by atoms with E-state index in [1.807, 2.05) is 32.9 Å². The highest BCUT2D eigenvalue weighted by Gasteiger charge is 2.21. The molecular weight excluding hydrogens is 314 g/mol. The maximum absolute atomic E-state index is 12.0. The van der Waals surface area contributed by atoms with Crippen LogP contribution in [0.2, 0.25) is 0 Å². The molecule has 18 heavy (non-hydrogen) atoms. The summed E-state index contributed by atoms with van der Waals surface area (Å²) in [4.78, 5) is 13.1. The lowest BCUT2D eigenvalue weighted by Gasteiger charge is -2.24. The van der Waals surface area contributed by atoms with E-state index in [1.165, 1.54) is 0 Å². The molecule has 0 aromatic carbocycles. The van der Waals surface area contributed by atoms with Crippen molar-refractivity contribution in [2.24, 2.45) is 5.41 Å². The average Bonchev–Trinajstić information content (AvgIpc) is 2.72. The molecule has 0 fully saturated rings. The van der Waals surface area contributed by atoms with E-state index in [0.717, 1.165) is 8.66 Å². The van der Waals surface area contributed by atoms with Gasteiger partial charge in [0.2, 0.25) is 5.91 Å². The lowest BCUT2D eigenvalue weighted by atomic mass is 9.89. The van der Waals surface area contributed by atoms with Gasteiger partial charge in [-0.25, -0.2) is 0 Å². The van der Waals surface area contributed by atoms with Crippen molar-refractivity contribution in [2.45, 2.75) is 33.1 Å². The van der Waals surface area contributed by atoms with Crippen LogP contribution in [0.5, 0.6) is 0 Å². The summed E-state index contributed by atoms with van der Waals surface area (Å²) in [6.45, 7) is 6.72. The van der Waals surface area contributed by atoms with Crippen LogP contribution in [0.4, 0.5) is 0 Å². The van der Waals surface area contributed by atoms with E-state index in [2.05, 4.69) is 21.2 Å². The largest absolute Gasteiger partial charge is 0.396 e. The van der Waals surface area contributed by atoms with E-state index in [1.54, 1.807) is 11.3 Å². The standard InChI is InChI=1S/C13H20BrNO2S/c1-9(10-4-5-11(14)18-10)12(17)15-8-13(2,3)6-7-16/h4-5,9,16H,6-8H2,1-3H3,(H,15,17). The van der Waals surface area contributed by atoms with Gasteiger partial charge in [0.15, 0.2) is 0 Å². The molecule has 0 aliphatic heterocycles. The lowest BCUT2D eigenvalue weighted by Crippen LogP contribution is -2.36. The van der Waals surface area contributed by atoms with Crippen LogP contribution in [0, 0.1) is 5.41 Å². The zero-order valence-corrected chi connectivity index (χ0v) is 13.4. The maximum atomic E-state index is 12.0. The first-order valence-corrected chi connectivity index (χ1v) is 7.60. The number of amides is 1. The minimum absolute atomic E-state index is 0.0374. The molecule has 1 heterocycles. The first kappa shape index (κ1) is 15.7. The van der Waals surface area contributed by atoms with Crippen molar-refractivity contribution in [3.8, 4) is 0 Å². The van der Waals surface area contributed by atoms with Crippen LogP contribution in [-0.4, -0.2) is 24.2 Å². The van der Waals surface area contributed by atoms with Gasteiger partial charge in [-0.05, 0) is 46.8 Å². The minimum atomic E-state index is -0.133. The van der Waals surface area contributed by atoms with Crippen molar-refractivity contribution in [1.82, 2.24) is 5.32 Å². The van der Waals surface area contributed by atoms with Crippen LogP contribution in [0.3, 0.4) is 0 Å². The SMILES string of the molecule is CC(C(=O)NCC(C)(C)CCO)c1ccc(Br)s1. The van der Waals surface area contributed by atoms with Gasteiger partial charge in [-0.2, -0.15) is 0 Å². The van der Waals surface area contributed by atoms with Crippen LogP contribution in [0.25, 0.3) is 0 Å². The van der Waals surface area contributed by atoms with E-state index in [4.69, 9.17) is 5.11 Å². The monoisotopic (exact) mass is 333 g/mol. The molecule has 3 nitrogen and oxygen atoms in total. The molecule has 2 N–H and O–H groups in total. The first-order valence-electron chi connectivity index (χ1n) is 5.99. The summed E-state index contributed by atoms with van der Waals surface area (Å²) >= 11 is 4.98. The van der Waals surface area contributed by atoms with E-state index in [9.17, 15) is 4.79 Å². The number of nitrogens with one attached hydrogen (secondary N) is 1. The fourth-order valence-electron chi connectivity index (χ4n) is 1.56. The Morgan fingerprint density at radius 1 is 1.56 bits per heavy atom. The van der Waals surface area contributed by atoms with E-state index < -0.39 is 0 Å². The minimum Gasteiger partial charge on any atom is -0.396 e. The van der Waals surface area contributed by atoms with Crippen LogP contribution < -0.4 is 5.32 Å². The fraction of sp³-hybridized carbons (Fsp3) is 0.615. The summed E-state index contributed by atoms with van der Waals surface area (Å²) in [7, 11) is 0. The number of carbonyl (C=O) groups is 1. The van der Waals surface area contributed by atoms with Gasteiger partial charge >= 0.3 is 0 Å². The van der Waals surface area contributed by atoms with Crippen molar-refractivity contribution >= 4 is 33.2 Å². The van der Waals surface area contributed by atoms with E-state index >= 15 is 0 Å². The Morgan fingerprint density at radius 2 is 2.22 bits per heavy atom. The molecule has 5 heteroatoms. The quantitative estimate of drug-likeness (QED) is 0.840. The van der Waals surface area contributed by atoms with E-state index in [0.29, 0.717) is 13.0 Å². The average molecular weight is 334 g/mol. The molecule has 1 aromatic rings. The Hall–Kier alpha value is -0.390. The number of thiophene rings is 1. The molecule has 0 saturated carbocycles. The third kappa shape index (κ3) is 4.71. The van der Waals surface area contributed by atoms with Gasteiger partial charge in [0.1, 0.15) is 0 Å². The first-order chi connectivity index (χ1) is 8.35. The zero-order valence-electron chi connectivity index (χ0n) is 11.0. The number of aliphatic hydroxyl groups is 1. The second-order valence-electron chi connectivity index (χ2n) is 5.22. The van der Waals surface area contributed by atoms with Gasteiger partial charge in [-0.15, -0.1) is 11.3 Å². The Morgan fingerprint density at radius 3 is 2.72 bits per heavy atom. The Kier molecular flexibility index (Phi) is 5.82. The summed E-state index contributed by atoms with van der Waals surface area (Å²) in [5, 5.41) is 11.9. The molecule has 0 saturated heterocycles. The van der Waals surface area contributed by atoms with Gasteiger partial charge in [-0.3, -0.25) is 4.79 Å². The highest BCUT2D eigenvalue weighted by Crippen LogP contribution is 2.28. The summed E-state index contributed by atoms with van der Waals surface area (Å²) in [5.74, 6) is -0.0957. The van der Waals surface area contributed by atoms with Crippen molar-refractivity contribution in [3.05, 3.63) is 20.8 Å². The van der Waals surface area contributed by atoms with Gasteiger partial charge in [0.05, 0.1) is 9.70 Å². The van der Waals surface area contributed by atoms with E-state index in [-0.39, 0.29) is 23.8 Å². The topological polar surface area (TPSA) is 49.3 Å². The third-order valence-corrected chi connectivity index (χ3v) is 4.75. The van der Waals surface area contributed by atoms with Crippen LogP contribution >= 0.6 is 27.3 Å². The second kappa shape index (κ2) is 6.68. The van der Waals surface area contributed by atoms with Crippen molar-refractivity contribution < 1.29 is 9.90 Å². The molecule has 0 spiro atoms. The Bertz CT molecular complexity index is 403. The summed E-state index contributed by atoms with van der Waals surface area (Å²) in [6.07, 6.45) is 0.687. The highest BCUT2D eigenvalue weighted by atomic mass is 79.9. The fourth-order valence-corrected chi connectivity index (χ4v) is 3.03. The molecule has 0 bridgehead atoms. The number of hydrogen-bond acceptors (Lipinski definition) is 3. The lowest BCUT2D eigenvalue weighted by molar-refractivity contribution is -0.122. The second-order valence-corrected chi connectivity index (χ2v) is 7.71. The van der Waals surface area contributed by atoms with Gasteiger partial charge in [-0.1, -0.05) is 13.8 Å². The summed E-state index contributed by atoms with van der Waals surface area (Å²) in [6, 6.07) is 3.93. The molecule has 1 aromatic heterocycles. The predicted molar refractivity (Wildman–Crippen MR) is 78.9 cm³/mol. The number of carbonyl (C=O) groups excluding carboxylic acids is 1. The number of halogens is 1.